The van der Waals surface area contributed by atoms with Crippen molar-refractivity contribution in [1.29, 1.82) is 0 Å². The number of hydrogen-bond acceptors (Lipinski definition) is 6. The number of benzene rings is 1. The Morgan fingerprint density at radius 1 is 0.929 bits per heavy atom. The molecule has 1 aromatic rings. The van der Waals surface area contributed by atoms with Crippen LogP contribution in [0.5, 0.6) is 11.5 Å². The van der Waals surface area contributed by atoms with Gasteiger partial charge in [0.05, 0.1) is 27.4 Å². The molecular weight excluding hydrogens is 362 g/mol. The molecule has 2 aliphatic rings. The van der Waals surface area contributed by atoms with Crippen LogP contribution in [0.4, 0.5) is 0 Å². The molecule has 2 amide bonds. The van der Waals surface area contributed by atoms with Crippen LogP contribution in [-0.4, -0.2) is 99.8 Å². The quantitative estimate of drug-likeness (QED) is 0.711. The van der Waals surface area contributed by atoms with E-state index >= 15 is 0 Å². The molecule has 3 rings (SSSR count). The molecule has 1 aromatic carbocycles. The summed E-state index contributed by atoms with van der Waals surface area (Å²) in [5, 5.41) is 0. The smallest absolute Gasteiger partial charge is 0.254 e. The molecule has 0 radical (unpaired) electrons. The van der Waals surface area contributed by atoms with E-state index in [9.17, 15) is 9.59 Å². The average molecular weight is 391 g/mol. The Labute approximate surface area is 165 Å². The molecule has 0 saturated carbocycles. The molecule has 0 N–H and O–H groups in total. The normalized spacial score (nSPS) is 18.1. The minimum atomic E-state index is -0.0543. The lowest BCUT2D eigenvalue weighted by Gasteiger charge is -2.35. The minimum absolute atomic E-state index is 0.0543. The molecule has 0 aromatic heterocycles. The Hall–Kier alpha value is -2.32. The monoisotopic (exact) mass is 391 g/mol. The molecule has 28 heavy (non-hydrogen) atoms. The number of hydrogen-bond donors (Lipinski definition) is 0. The van der Waals surface area contributed by atoms with Gasteiger partial charge in [-0.2, -0.15) is 0 Å². The number of amides is 2. The summed E-state index contributed by atoms with van der Waals surface area (Å²) in [4.78, 5) is 31.2. The van der Waals surface area contributed by atoms with Gasteiger partial charge in [0.1, 0.15) is 0 Å². The molecule has 2 fully saturated rings. The molecule has 0 aliphatic carbocycles. The van der Waals surface area contributed by atoms with Crippen molar-refractivity contribution in [3.8, 4) is 11.5 Å². The zero-order chi connectivity index (χ0) is 19.9. The van der Waals surface area contributed by atoms with Crippen molar-refractivity contribution in [2.24, 2.45) is 0 Å². The number of carbonyl (C=O) groups excluding carboxylic acids is 2. The Bertz CT molecular complexity index is 682. The Kier molecular flexibility index (Phi) is 7.11. The van der Waals surface area contributed by atoms with Crippen molar-refractivity contribution in [3.63, 3.8) is 0 Å². The van der Waals surface area contributed by atoms with Crippen LogP contribution in [0.15, 0.2) is 18.2 Å². The van der Waals surface area contributed by atoms with Crippen LogP contribution in [0.1, 0.15) is 16.8 Å². The van der Waals surface area contributed by atoms with E-state index in [4.69, 9.17) is 14.2 Å². The molecule has 2 saturated heterocycles. The van der Waals surface area contributed by atoms with Crippen LogP contribution in [0.25, 0.3) is 0 Å². The van der Waals surface area contributed by atoms with Gasteiger partial charge >= 0.3 is 0 Å². The van der Waals surface area contributed by atoms with E-state index in [0.29, 0.717) is 49.7 Å². The third kappa shape index (κ3) is 4.94. The topological polar surface area (TPSA) is 71.6 Å². The van der Waals surface area contributed by atoms with E-state index in [1.54, 1.807) is 37.3 Å². The molecule has 2 heterocycles. The fraction of sp³-hybridized carbons (Fsp3) is 0.600. The summed E-state index contributed by atoms with van der Waals surface area (Å²) in [6.45, 7) is 6.25. The van der Waals surface area contributed by atoms with E-state index in [2.05, 4.69) is 4.90 Å². The van der Waals surface area contributed by atoms with Gasteiger partial charge in [-0.05, 0) is 18.2 Å². The van der Waals surface area contributed by atoms with Crippen molar-refractivity contribution in [1.82, 2.24) is 14.7 Å². The van der Waals surface area contributed by atoms with Crippen molar-refractivity contribution >= 4 is 11.8 Å². The molecule has 2 aliphatic heterocycles. The maximum absolute atomic E-state index is 12.8. The highest BCUT2D eigenvalue weighted by atomic mass is 16.5. The first-order valence-corrected chi connectivity index (χ1v) is 9.71. The second-order valence-corrected chi connectivity index (χ2v) is 6.95. The van der Waals surface area contributed by atoms with Gasteiger partial charge in [0.15, 0.2) is 11.5 Å². The van der Waals surface area contributed by atoms with Gasteiger partial charge < -0.3 is 24.0 Å². The van der Waals surface area contributed by atoms with Crippen molar-refractivity contribution in [2.75, 3.05) is 73.2 Å². The number of piperazine rings is 1. The molecule has 0 atom stereocenters. The van der Waals surface area contributed by atoms with Gasteiger partial charge in [-0.1, -0.05) is 0 Å². The average Bonchev–Trinajstić information content (AvgIpc) is 2.77. The van der Waals surface area contributed by atoms with Gasteiger partial charge in [-0.15, -0.1) is 0 Å². The highest BCUT2D eigenvalue weighted by Crippen LogP contribution is 2.28. The molecule has 0 spiro atoms. The van der Waals surface area contributed by atoms with Crippen LogP contribution in [0, 0.1) is 0 Å². The van der Waals surface area contributed by atoms with Crippen LogP contribution in [0.2, 0.25) is 0 Å². The first-order valence-electron chi connectivity index (χ1n) is 9.71. The van der Waals surface area contributed by atoms with Gasteiger partial charge in [-0.3, -0.25) is 14.5 Å². The van der Waals surface area contributed by atoms with Crippen molar-refractivity contribution < 1.29 is 23.8 Å². The van der Waals surface area contributed by atoms with Gasteiger partial charge in [-0.25, -0.2) is 0 Å². The summed E-state index contributed by atoms with van der Waals surface area (Å²) < 4.78 is 15.8. The summed E-state index contributed by atoms with van der Waals surface area (Å²) in [7, 11) is 3.11. The molecule has 0 bridgehead atoms. The minimum Gasteiger partial charge on any atom is -0.493 e. The van der Waals surface area contributed by atoms with Crippen LogP contribution in [-0.2, 0) is 9.53 Å². The van der Waals surface area contributed by atoms with Crippen LogP contribution in [0.3, 0.4) is 0 Å². The third-order valence-corrected chi connectivity index (χ3v) is 5.30. The molecule has 154 valence electrons. The second-order valence-electron chi connectivity index (χ2n) is 6.95. The largest absolute Gasteiger partial charge is 0.493 e. The van der Waals surface area contributed by atoms with E-state index in [-0.39, 0.29) is 11.8 Å². The third-order valence-electron chi connectivity index (χ3n) is 5.30. The van der Waals surface area contributed by atoms with E-state index in [1.165, 1.54) is 0 Å². The standard InChI is InChI=1S/C20H29N3O5/c1-26-17-4-3-16(15-18(17)27-2)20(25)23-9-7-22(8-10-23)19(24)5-6-21-11-13-28-14-12-21/h3-4,15H,5-14H2,1-2H3. The summed E-state index contributed by atoms with van der Waals surface area (Å²) in [6.07, 6.45) is 0.517. The fourth-order valence-corrected chi connectivity index (χ4v) is 3.55. The highest BCUT2D eigenvalue weighted by molar-refractivity contribution is 5.95. The lowest BCUT2D eigenvalue weighted by atomic mass is 10.1. The Morgan fingerprint density at radius 2 is 1.57 bits per heavy atom. The maximum Gasteiger partial charge on any atom is 0.254 e. The number of methoxy groups -OCH3 is 2. The first kappa shape index (κ1) is 20.4. The van der Waals surface area contributed by atoms with Crippen LogP contribution >= 0.6 is 0 Å². The van der Waals surface area contributed by atoms with Gasteiger partial charge in [0.25, 0.3) is 5.91 Å². The SMILES string of the molecule is COc1ccc(C(=O)N2CCN(C(=O)CCN3CCOCC3)CC2)cc1OC. The van der Waals surface area contributed by atoms with Gasteiger partial charge in [0, 0.05) is 57.8 Å². The zero-order valence-electron chi connectivity index (χ0n) is 16.7. The highest BCUT2D eigenvalue weighted by Gasteiger charge is 2.25. The molecule has 8 nitrogen and oxygen atoms in total. The second kappa shape index (κ2) is 9.75. The Balaban J connectivity index is 1.49. The number of rotatable bonds is 6. The maximum atomic E-state index is 12.8. The van der Waals surface area contributed by atoms with Crippen molar-refractivity contribution in [3.05, 3.63) is 23.8 Å². The number of ether oxygens (including phenoxy) is 3. The van der Waals surface area contributed by atoms with E-state index in [1.807, 2.05) is 4.90 Å². The van der Waals surface area contributed by atoms with Crippen molar-refractivity contribution in [2.45, 2.75) is 6.42 Å². The Morgan fingerprint density at radius 3 is 2.21 bits per heavy atom. The first-order chi connectivity index (χ1) is 13.6. The number of carbonyl (C=O) groups is 2. The summed E-state index contributed by atoms with van der Waals surface area (Å²) in [5.74, 6) is 1.23. The molecular formula is C20H29N3O5. The molecule has 8 heteroatoms. The van der Waals surface area contributed by atoms with Crippen LogP contribution < -0.4 is 9.47 Å². The fourth-order valence-electron chi connectivity index (χ4n) is 3.55. The summed E-state index contributed by atoms with van der Waals surface area (Å²) in [5.41, 5.74) is 0.560. The predicted octanol–water partition coefficient (Wildman–Crippen LogP) is 0.711. The lowest BCUT2D eigenvalue weighted by Crippen LogP contribution is -2.51. The zero-order valence-corrected chi connectivity index (χ0v) is 16.7. The number of nitrogens with zero attached hydrogens (tertiary/aromatic N) is 3. The predicted molar refractivity (Wildman–Crippen MR) is 104 cm³/mol. The van der Waals surface area contributed by atoms with E-state index in [0.717, 1.165) is 32.8 Å². The van der Waals surface area contributed by atoms with Gasteiger partial charge in [0.2, 0.25) is 5.91 Å². The molecule has 0 unspecified atom stereocenters. The lowest BCUT2D eigenvalue weighted by molar-refractivity contribution is -0.133. The van der Waals surface area contributed by atoms with E-state index < -0.39 is 0 Å². The summed E-state index contributed by atoms with van der Waals surface area (Å²) in [6, 6.07) is 5.17. The summed E-state index contributed by atoms with van der Waals surface area (Å²) >= 11 is 0. The number of morpholine rings is 1.